The maximum absolute atomic E-state index is 11.2. The van der Waals surface area contributed by atoms with Crippen LogP contribution < -0.4 is 0 Å². The van der Waals surface area contributed by atoms with Crippen LogP contribution in [-0.4, -0.2) is 34.5 Å². The molecule has 7 heteroatoms. The van der Waals surface area contributed by atoms with Gasteiger partial charge in [0.1, 0.15) is 18.2 Å². The fourth-order valence-electron chi connectivity index (χ4n) is 1.56. The molecule has 0 unspecified atom stereocenters. The normalized spacial score (nSPS) is 13.1. The summed E-state index contributed by atoms with van der Waals surface area (Å²) in [6, 6.07) is 0. The molecule has 0 aliphatic heterocycles. The fraction of sp³-hybridized carbons (Fsp3) is 0.778. The lowest BCUT2D eigenvalue weighted by atomic mass is 10.1. The summed E-state index contributed by atoms with van der Waals surface area (Å²) in [5.74, 6) is 0.572. The van der Waals surface area contributed by atoms with E-state index in [0.29, 0.717) is 11.6 Å². The summed E-state index contributed by atoms with van der Waals surface area (Å²) in [6.45, 7) is 5.46. The summed E-state index contributed by atoms with van der Waals surface area (Å²) < 4.78 is 24.1. The van der Waals surface area contributed by atoms with Gasteiger partial charge in [0.05, 0.1) is 0 Å². The van der Waals surface area contributed by atoms with Crippen molar-refractivity contribution in [1.29, 1.82) is 0 Å². The van der Waals surface area contributed by atoms with Crippen molar-refractivity contribution in [2.24, 2.45) is 0 Å². The van der Waals surface area contributed by atoms with Gasteiger partial charge in [-0.25, -0.2) is 8.42 Å². The standard InChI is InChI=1S/C9H17N3O3S/c1-9(2,3)12-7(5-13)10-11-8(12)6-16(4,14)15/h13H,5-6H2,1-4H3. The van der Waals surface area contributed by atoms with Gasteiger partial charge in [0.15, 0.2) is 15.7 Å². The topological polar surface area (TPSA) is 85.1 Å². The molecule has 0 aliphatic carbocycles. The van der Waals surface area contributed by atoms with Crippen LogP contribution in [-0.2, 0) is 27.7 Å². The highest BCUT2D eigenvalue weighted by atomic mass is 32.2. The number of nitrogens with zero attached hydrogens (tertiary/aromatic N) is 3. The van der Waals surface area contributed by atoms with Crippen molar-refractivity contribution in [3.63, 3.8) is 0 Å². The van der Waals surface area contributed by atoms with Gasteiger partial charge >= 0.3 is 0 Å². The molecule has 0 amide bonds. The Morgan fingerprint density at radius 3 is 2.12 bits per heavy atom. The van der Waals surface area contributed by atoms with Crippen molar-refractivity contribution in [2.45, 2.75) is 38.7 Å². The van der Waals surface area contributed by atoms with Crippen LogP contribution >= 0.6 is 0 Å². The van der Waals surface area contributed by atoms with Crippen molar-refractivity contribution < 1.29 is 13.5 Å². The van der Waals surface area contributed by atoms with Gasteiger partial charge < -0.3 is 9.67 Å². The number of aliphatic hydroxyl groups excluding tert-OH is 1. The summed E-state index contributed by atoms with van der Waals surface area (Å²) in [6.07, 6.45) is 1.15. The minimum Gasteiger partial charge on any atom is -0.388 e. The smallest absolute Gasteiger partial charge is 0.159 e. The number of aliphatic hydroxyl groups is 1. The number of rotatable bonds is 3. The van der Waals surface area contributed by atoms with E-state index >= 15 is 0 Å². The van der Waals surface area contributed by atoms with Crippen molar-refractivity contribution in [3.05, 3.63) is 11.6 Å². The molecule has 1 aromatic heterocycles. The molecular weight excluding hydrogens is 230 g/mol. The maximum atomic E-state index is 11.2. The Kier molecular flexibility index (Phi) is 3.39. The Morgan fingerprint density at radius 2 is 1.75 bits per heavy atom. The maximum Gasteiger partial charge on any atom is 0.159 e. The molecule has 1 aromatic rings. The van der Waals surface area contributed by atoms with E-state index in [1.165, 1.54) is 0 Å². The van der Waals surface area contributed by atoms with Gasteiger partial charge in [0, 0.05) is 11.8 Å². The summed E-state index contributed by atoms with van der Waals surface area (Å²) in [4.78, 5) is 0. The van der Waals surface area contributed by atoms with Crippen molar-refractivity contribution in [1.82, 2.24) is 14.8 Å². The highest BCUT2D eigenvalue weighted by Gasteiger charge is 2.24. The number of sulfone groups is 1. The molecule has 1 N–H and O–H groups in total. The van der Waals surface area contributed by atoms with E-state index in [0.717, 1.165) is 6.26 Å². The van der Waals surface area contributed by atoms with Crippen LogP contribution in [0.5, 0.6) is 0 Å². The number of hydrogen-bond acceptors (Lipinski definition) is 5. The molecule has 0 aromatic carbocycles. The predicted octanol–water partition coefficient (Wildman–Crippen LogP) is 0.0700. The molecule has 92 valence electrons. The van der Waals surface area contributed by atoms with Gasteiger partial charge in [-0.3, -0.25) is 0 Å². The van der Waals surface area contributed by atoms with E-state index in [-0.39, 0.29) is 17.9 Å². The lowest BCUT2D eigenvalue weighted by molar-refractivity contribution is 0.248. The van der Waals surface area contributed by atoms with Gasteiger partial charge in [-0.1, -0.05) is 0 Å². The first-order chi connectivity index (χ1) is 7.15. The lowest BCUT2D eigenvalue weighted by Crippen LogP contribution is -2.27. The third kappa shape index (κ3) is 3.02. The van der Waals surface area contributed by atoms with Gasteiger partial charge in [-0.15, -0.1) is 10.2 Å². The minimum absolute atomic E-state index is 0.169. The van der Waals surface area contributed by atoms with E-state index in [9.17, 15) is 8.42 Å². The zero-order valence-electron chi connectivity index (χ0n) is 9.93. The Bertz CT molecular complexity index is 471. The Labute approximate surface area is 95.2 Å². The van der Waals surface area contributed by atoms with Gasteiger partial charge in [-0.05, 0) is 20.8 Å². The molecule has 0 radical (unpaired) electrons. The predicted molar refractivity (Wildman–Crippen MR) is 59.5 cm³/mol. The molecule has 0 saturated heterocycles. The van der Waals surface area contributed by atoms with Crippen LogP contribution in [0, 0.1) is 0 Å². The van der Waals surface area contributed by atoms with Gasteiger partial charge in [-0.2, -0.15) is 0 Å². The van der Waals surface area contributed by atoms with Crippen molar-refractivity contribution in [3.8, 4) is 0 Å². The quantitative estimate of drug-likeness (QED) is 0.817. The molecule has 0 bridgehead atoms. The molecule has 0 atom stereocenters. The molecule has 16 heavy (non-hydrogen) atoms. The van der Waals surface area contributed by atoms with Crippen LogP contribution in [0.1, 0.15) is 32.4 Å². The average molecular weight is 247 g/mol. The molecule has 0 saturated carbocycles. The average Bonchev–Trinajstić information content (AvgIpc) is 2.43. The second-order valence-corrected chi connectivity index (χ2v) is 6.91. The summed E-state index contributed by atoms with van der Waals surface area (Å²) in [5, 5.41) is 16.7. The Hall–Kier alpha value is -0.950. The monoisotopic (exact) mass is 247 g/mol. The van der Waals surface area contributed by atoms with Crippen LogP contribution in [0.3, 0.4) is 0 Å². The first-order valence-corrected chi connectivity index (χ1v) is 6.93. The van der Waals surface area contributed by atoms with Gasteiger partial charge in [0.25, 0.3) is 0 Å². The van der Waals surface area contributed by atoms with Crippen LogP contribution in [0.2, 0.25) is 0 Å². The number of aromatic nitrogens is 3. The lowest BCUT2D eigenvalue weighted by Gasteiger charge is -2.24. The third-order valence-corrected chi connectivity index (χ3v) is 2.78. The third-order valence-electron chi connectivity index (χ3n) is 2.00. The summed E-state index contributed by atoms with van der Waals surface area (Å²) in [5.41, 5.74) is -0.360. The Morgan fingerprint density at radius 1 is 1.25 bits per heavy atom. The van der Waals surface area contributed by atoms with Crippen LogP contribution in [0.4, 0.5) is 0 Å². The molecule has 1 heterocycles. The number of hydrogen-bond donors (Lipinski definition) is 1. The van der Waals surface area contributed by atoms with Crippen LogP contribution in [0.25, 0.3) is 0 Å². The summed E-state index contributed by atoms with van der Waals surface area (Å²) >= 11 is 0. The highest BCUT2D eigenvalue weighted by Crippen LogP contribution is 2.19. The molecular formula is C9H17N3O3S. The van der Waals surface area contributed by atoms with E-state index in [1.54, 1.807) is 4.57 Å². The first-order valence-electron chi connectivity index (χ1n) is 4.87. The second-order valence-electron chi connectivity index (χ2n) is 4.77. The zero-order chi connectivity index (χ0) is 12.6. The molecule has 0 fully saturated rings. The van der Waals surface area contributed by atoms with Crippen LogP contribution in [0.15, 0.2) is 0 Å². The van der Waals surface area contributed by atoms with E-state index in [2.05, 4.69) is 10.2 Å². The minimum atomic E-state index is -3.16. The van der Waals surface area contributed by atoms with E-state index in [1.807, 2.05) is 20.8 Å². The Balaban J connectivity index is 3.26. The summed E-state index contributed by atoms with van der Waals surface area (Å²) in [7, 11) is -3.16. The molecule has 6 nitrogen and oxygen atoms in total. The SMILES string of the molecule is CC(C)(C)n1c(CO)nnc1CS(C)(=O)=O. The van der Waals surface area contributed by atoms with Crippen molar-refractivity contribution in [2.75, 3.05) is 6.26 Å². The molecule has 0 spiro atoms. The zero-order valence-corrected chi connectivity index (χ0v) is 10.7. The largest absolute Gasteiger partial charge is 0.388 e. The van der Waals surface area contributed by atoms with Gasteiger partial charge in [0.2, 0.25) is 0 Å². The molecule has 0 aliphatic rings. The fourth-order valence-corrected chi connectivity index (χ4v) is 2.21. The highest BCUT2D eigenvalue weighted by molar-refractivity contribution is 7.89. The van der Waals surface area contributed by atoms with Crippen molar-refractivity contribution >= 4 is 9.84 Å². The second kappa shape index (κ2) is 4.14. The molecule has 1 rings (SSSR count). The first kappa shape index (κ1) is 13.1. The van der Waals surface area contributed by atoms with E-state index in [4.69, 9.17) is 5.11 Å². The van der Waals surface area contributed by atoms with E-state index < -0.39 is 9.84 Å².